The van der Waals surface area contributed by atoms with Crippen molar-refractivity contribution in [2.45, 2.75) is 6.92 Å². The molecule has 1 aliphatic heterocycles. The van der Waals surface area contributed by atoms with Gasteiger partial charge in [-0.1, -0.05) is 11.6 Å². The van der Waals surface area contributed by atoms with E-state index in [9.17, 15) is 14.7 Å². The number of ether oxygens (including phenoxy) is 1. The number of hydrogen-bond acceptors (Lipinski definition) is 7. The molecule has 0 radical (unpaired) electrons. The van der Waals surface area contributed by atoms with Crippen LogP contribution in [0.15, 0.2) is 68.9 Å². The highest BCUT2D eigenvalue weighted by Crippen LogP contribution is 2.35. The fraction of sp³-hybridized carbons (Fsp3) is 0.125. The number of carboxylic acids is 1. The molecule has 0 N–H and O–H groups in total. The van der Waals surface area contributed by atoms with Gasteiger partial charge in [0.25, 0.3) is 5.91 Å². The summed E-state index contributed by atoms with van der Waals surface area (Å²) in [7, 11) is 1.59. The highest BCUT2D eigenvalue weighted by molar-refractivity contribution is 8.18. The van der Waals surface area contributed by atoms with Gasteiger partial charge in [-0.2, -0.15) is 0 Å². The van der Waals surface area contributed by atoms with Gasteiger partial charge in [0.1, 0.15) is 17.3 Å². The van der Waals surface area contributed by atoms with Crippen molar-refractivity contribution < 1.29 is 23.8 Å². The molecule has 1 saturated heterocycles. The highest BCUT2D eigenvalue weighted by atomic mass is 35.5. The normalized spacial score (nSPS) is 16.1. The molecule has 0 bridgehead atoms. The van der Waals surface area contributed by atoms with Crippen LogP contribution < -0.4 is 9.84 Å². The minimum Gasteiger partial charge on any atom is -0.545 e. The number of nitrogens with zero attached hydrogens (tertiary/aromatic N) is 2. The van der Waals surface area contributed by atoms with Crippen molar-refractivity contribution in [3.05, 3.63) is 75.8 Å². The van der Waals surface area contributed by atoms with Crippen molar-refractivity contribution in [1.82, 2.24) is 4.90 Å². The van der Waals surface area contributed by atoms with Gasteiger partial charge in [-0.05, 0) is 73.3 Å². The van der Waals surface area contributed by atoms with Crippen LogP contribution in [0.2, 0.25) is 5.02 Å². The summed E-state index contributed by atoms with van der Waals surface area (Å²) in [6.07, 6.45) is 1.64. The number of carbonyl (C=O) groups is 2. The molecule has 3 aromatic rings. The number of carboxylic acid groups (broad SMARTS) is 1. The average Bonchev–Trinajstić information content (AvgIpc) is 3.39. The van der Waals surface area contributed by atoms with Gasteiger partial charge < -0.3 is 19.1 Å². The number of halogens is 1. The molecule has 1 fully saturated rings. The number of benzene rings is 2. The number of rotatable bonds is 6. The molecule has 33 heavy (non-hydrogen) atoms. The summed E-state index contributed by atoms with van der Waals surface area (Å²) in [5, 5.41) is 11.9. The number of aromatic carboxylic acids is 1. The maximum atomic E-state index is 12.9. The minimum absolute atomic E-state index is 0.0870. The van der Waals surface area contributed by atoms with E-state index in [0.29, 0.717) is 39.4 Å². The van der Waals surface area contributed by atoms with Crippen molar-refractivity contribution in [3.8, 4) is 17.1 Å². The van der Waals surface area contributed by atoms with Gasteiger partial charge in [0.2, 0.25) is 0 Å². The Balaban J connectivity index is 1.60. The van der Waals surface area contributed by atoms with E-state index in [1.807, 2.05) is 19.1 Å². The van der Waals surface area contributed by atoms with Crippen LogP contribution in [0.4, 0.5) is 5.69 Å². The van der Waals surface area contributed by atoms with Gasteiger partial charge in [0.05, 0.1) is 23.7 Å². The standard InChI is InChI=1S/C24H19ClN2O5S/c1-3-27-22(28)21(33-24(27)26-15-5-7-16(31-2)8-6-15)13-17-9-11-20(32-17)14-4-10-19(25)18(12-14)23(29)30/h4-13H,3H2,1-2H3,(H,29,30)/p-1/b21-13-,26-24?. The lowest BCUT2D eigenvalue weighted by Gasteiger charge is -2.12. The molecule has 0 unspecified atom stereocenters. The summed E-state index contributed by atoms with van der Waals surface area (Å²) in [5.41, 5.74) is 1.12. The van der Waals surface area contributed by atoms with E-state index in [1.54, 1.807) is 48.4 Å². The molecular weight excluding hydrogens is 464 g/mol. The van der Waals surface area contributed by atoms with E-state index in [0.717, 1.165) is 5.75 Å². The van der Waals surface area contributed by atoms with Crippen molar-refractivity contribution >= 4 is 52.2 Å². The molecule has 4 rings (SSSR count). The number of likely N-dealkylation sites (N-methyl/N-ethyl adjacent to an activating group) is 1. The quantitative estimate of drug-likeness (QED) is 0.477. The predicted molar refractivity (Wildman–Crippen MR) is 127 cm³/mol. The maximum absolute atomic E-state index is 12.9. The van der Waals surface area contributed by atoms with Crippen molar-refractivity contribution in [1.29, 1.82) is 0 Å². The fourth-order valence-corrected chi connectivity index (χ4v) is 4.42. The Bertz CT molecular complexity index is 1280. The molecular formula is C24H18ClN2O5S-. The number of methoxy groups -OCH3 is 1. The molecule has 0 atom stereocenters. The van der Waals surface area contributed by atoms with Crippen molar-refractivity contribution in [2.24, 2.45) is 4.99 Å². The van der Waals surface area contributed by atoms with Crippen LogP contribution >= 0.6 is 23.4 Å². The van der Waals surface area contributed by atoms with Gasteiger partial charge in [0, 0.05) is 28.8 Å². The molecule has 0 saturated carbocycles. The van der Waals surface area contributed by atoms with Crippen LogP contribution in [0.1, 0.15) is 23.0 Å². The van der Waals surface area contributed by atoms with Crippen LogP contribution in [0.25, 0.3) is 17.4 Å². The van der Waals surface area contributed by atoms with E-state index in [4.69, 9.17) is 20.8 Å². The largest absolute Gasteiger partial charge is 0.545 e. The van der Waals surface area contributed by atoms with E-state index in [-0.39, 0.29) is 16.5 Å². The molecule has 0 aliphatic carbocycles. The molecule has 2 aromatic carbocycles. The van der Waals surface area contributed by atoms with Gasteiger partial charge in [0.15, 0.2) is 5.17 Å². The predicted octanol–water partition coefficient (Wildman–Crippen LogP) is 4.60. The SMILES string of the molecule is CCN1C(=O)/C(=C/c2ccc(-c3ccc(Cl)c(C(=O)[O-])c3)o2)SC1=Nc1ccc(OC)cc1. The van der Waals surface area contributed by atoms with Crippen molar-refractivity contribution in [3.63, 3.8) is 0 Å². The smallest absolute Gasteiger partial charge is 0.266 e. The second-order valence-corrected chi connectivity index (χ2v) is 8.35. The third-order valence-corrected chi connectivity index (χ3v) is 6.21. The third kappa shape index (κ3) is 4.81. The number of hydrogen-bond donors (Lipinski definition) is 0. The number of furan rings is 1. The van der Waals surface area contributed by atoms with Crippen LogP contribution in [0.5, 0.6) is 5.75 Å². The maximum Gasteiger partial charge on any atom is 0.266 e. The Hall–Kier alpha value is -3.49. The molecule has 9 heteroatoms. The zero-order chi connectivity index (χ0) is 23.5. The summed E-state index contributed by atoms with van der Waals surface area (Å²) < 4.78 is 11.0. The first-order valence-corrected chi connectivity index (χ1v) is 11.1. The average molecular weight is 482 g/mol. The zero-order valence-electron chi connectivity index (χ0n) is 17.7. The molecule has 1 aromatic heterocycles. The third-order valence-electron chi connectivity index (χ3n) is 4.87. The Morgan fingerprint density at radius 1 is 1.21 bits per heavy atom. The Kier molecular flexibility index (Phi) is 6.57. The van der Waals surface area contributed by atoms with Gasteiger partial charge >= 0.3 is 0 Å². The Morgan fingerprint density at radius 3 is 2.64 bits per heavy atom. The lowest BCUT2D eigenvalue weighted by molar-refractivity contribution is -0.255. The summed E-state index contributed by atoms with van der Waals surface area (Å²) in [5.74, 6) is 0.0806. The summed E-state index contributed by atoms with van der Waals surface area (Å²) in [4.78, 5) is 30.8. The molecule has 168 valence electrons. The van der Waals surface area contributed by atoms with Gasteiger partial charge in [-0.15, -0.1) is 0 Å². The molecule has 1 amide bonds. The second kappa shape index (κ2) is 9.56. The fourth-order valence-electron chi connectivity index (χ4n) is 3.19. The van der Waals surface area contributed by atoms with E-state index in [1.165, 1.54) is 23.9 Å². The first-order chi connectivity index (χ1) is 15.9. The lowest BCUT2D eigenvalue weighted by atomic mass is 10.1. The van der Waals surface area contributed by atoms with E-state index >= 15 is 0 Å². The minimum atomic E-state index is -1.37. The van der Waals surface area contributed by atoms with E-state index < -0.39 is 5.97 Å². The Morgan fingerprint density at radius 2 is 1.97 bits per heavy atom. The van der Waals surface area contributed by atoms with Crippen LogP contribution in [0, 0.1) is 0 Å². The van der Waals surface area contributed by atoms with E-state index in [2.05, 4.69) is 4.99 Å². The monoisotopic (exact) mass is 481 g/mol. The summed E-state index contributed by atoms with van der Waals surface area (Å²) in [6.45, 7) is 2.35. The molecule has 0 spiro atoms. The molecule has 1 aliphatic rings. The number of aliphatic imine (C=N–C) groups is 1. The zero-order valence-corrected chi connectivity index (χ0v) is 19.3. The first kappa shape index (κ1) is 22.7. The number of amides is 1. The van der Waals surface area contributed by atoms with Crippen LogP contribution in [-0.2, 0) is 4.79 Å². The first-order valence-electron chi connectivity index (χ1n) is 9.95. The number of thioether (sulfide) groups is 1. The second-order valence-electron chi connectivity index (χ2n) is 6.94. The lowest BCUT2D eigenvalue weighted by Crippen LogP contribution is -2.28. The van der Waals surface area contributed by atoms with Gasteiger partial charge in [-0.3, -0.25) is 9.69 Å². The number of carbonyl (C=O) groups excluding carboxylic acids is 2. The van der Waals surface area contributed by atoms with Gasteiger partial charge in [-0.25, -0.2) is 4.99 Å². The topological polar surface area (TPSA) is 95.2 Å². The Labute approximate surface area is 199 Å². The van der Waals surface area contributed by atoms with Crippen LogP contribution in [-0.4, -0.2) is 35.6 Å². The molecule has 2 heterocycles. The molecule has 7 nitrogen and oxygen atoms in total. The summed E-state index contributed by atoms with van der Waals surface area (Å²) in [6, 6.07) is 15.2. The highest BCUT2D eigenvalue weighted by Gasteiger charge is 2.32. The number of amidine groups is 1. The van der Waals surface area contributed by atoms with Crippen LogP contribution in [0.3, 0.4) is 0 Å². The summed E-state index contributed by atoms with van der Waals surface area (Å²) >= 11 is 7.16. The van der Waals surface area contributed by atoms with Crippen molar-refractivity contribution in [2.75, 3.05) is 13.7 Å².